The molecule has 1 spiro atoms. The van der Waals surface area contributed by atoms with Crippen molar-refractivity contribution in [2.45, 2.75) is 50.9 Å². The van der Waals surface area contributed by atoms with Crippen LogP contribution < -0.4 is 14.4 Å². The van der Waals surface area contributed by atoms with Gasteiger partial charge in [-0.25, -0.2) is 17.8 Å². The second-order valence-electron chi connectivity index (χ2n) is 11.8. The Morgan fingerprint density at radius 2 is 1.90 bits per heavy atom. The van der Waals surface area contributed by atoms with Gasteiger partial charge in [-0.1, -0.05) is 13.3 Å². The van der Waals surface area contributed by atoms with Crippen molar-refractivity contribution < 1.29 is 22.3 Å². The lowest BCUT2D eigenvalue weighted by atomic mass is 9.64. The Bertz CT molecular complexity index is 1620. The zero-order valence-corrected chi connectivity index (χ0v) is 24.6. The highest BCUT2D eigenvalue weighted by atomic mass is 32.2. The molecule has 41 heavy (non-hydrogen) atoms. The quantitative estimate of drug-likeness (QED) is 0.385. The van der Waals surface area contributed by atoms with Gasteiger partial charge in [0.2, 0.25) is 21.8 Å². The van der Waals surface area contributed by atoms with Crippen molar-refractivity contribution >= 4 is 38.2 Å². The average Bonchev–Trinajstić information content (AvgIpc) is 3.14. The molecule has 0 unspecified atom stereocenters. The van der Waals surface area contributed by atoms with Crippen LogP contribution >= 0.6 is 0 Å². The van der Waals surface area contributed by atoms with Gasteiger partial charge in [0, 0.05) is 47.9 Å². The van der Waals surface area contributed by atoms with Crippen LogP contribution in [0.15, 0.2) is 30.6 Å². The number of nitrogens with one attached hydrogen (secondary N) is 1. The van der Waals surface area contributed by atoms with E-state index in [1.165, 1.54) is 25.1 Å². The lowest BCUT2D eigenvalue weighted by Crippen LogP contribution is -2.43. The SMILES string of the molecule is CC1CCN(CCCOc2ncc(-c3cc4c5c(cnc4cc3F)N(C)C(=O)C53CCC3)cc2NS(C)(=O)=O)CC1. The zero-order valence-electron chi connectivity index (χ0n) is 23.7. The van der Waals surface area contributed by atoms with Gasteiger partial charge in [-0.3, -0.25) is 14.5 Å². The lowest BCUT2D eigenvalue weighted by molar-refractivity contribution is -0.125. The summed E-state index contributed by atoms with van der Waals surface area (Å²) in [5, 5.41) is 0.723. The molecular weight excluding hydrogens is 545 g/mol. The van der Waals surface area contributed by atoms with E-state index in [1.807, 2.05) is 0 Å². The Balaban J connectivity index is 1.31. The number of sulfonamides is 1. The maximum atomic E-state index is 15.5. The Labute approximate surface area is 240 Å². The second-order valence-corrected chi connectivity index (χ2v) is 13.6. The summed E-state index contributed by atoms with van der Waals surface area (Å²) < 4.78 is 48.3. The van der Waals surface area contributed by atoms with Crippen molar-refractivity contribution in [3.8, 4) is 17.0 Å². The molecule has 3 aromatic rings. The van der Waals surface area contributed by atoms with Gasteiger partial charge in [0.25, 0.3) is 0 Å². The van der Waals surface area contributed by atoms with Gasteiger partial charge in [-0.15, -0.1) is 0 Å². The number of piperidine rings is 1. The van der Waals surface area contributed by atoms with E-state index in [-0.39, 0.29) is 23.0 Å². The first-order chi connectivity index (χ1) is 19.6. The predicted octanol–water partition coefficient (Wildman–Crippen LogP) is 4.71. The van der Waals surface area contributed by atoms with E-state index in [2.05, 4.69) is 26.5 Å². The minimum absolute atomic E-state index is 0.0524. The number of amides is 1. The fourth-order valence-electron chi connectivity index (χ4n) is 6.44. The van der Waals surface area contributed by atoms with Crippen LogP contribution in [0.2, 0.25) is 0 Å². The van der Waals surface area contributed by atoms with Gasteiger partial charge in [-0.2, -0.15) is 0 Å². The van der Waals surface area contributed by atoms with Crippen LogP contribution in [-0.4, -0.2) is 68.7 Å². The molecule has 2 aliphatic heterocycles. The Hall–Kier alpha value is -3.31. The summed E-state index contributed by atoms with van der Waals surface area (Å²) in [6, 6.07) is 4.63. The normalized spacial score (nSPS) is 19.0. The molecule has 0 bridgehead atoms. The molecule has 0 atom stereocenters. The van der Waals surface area contributed by atoms with Gasteiger partial charge in [0.15, 0.2) is 0 Å². The van der Waals surface area contributed by atoms with E-state index < -0.39 is 21.3 Å². The van der Waals surface area contributed by atoms with E-state index in [4.69, 9.17) is 4.74 Å². The molecule has 218 valence electrons. The van der Waals surface area contributed by atoms with Gasteiger partial charge in [-0.05, 0) is 63.2 Å². The van der Waals surface area contributed by atoms with Crippen LogP contribution in [0.25, 0.3) is 22.0 Å². The number of nitrogens with zero attached hydrogens (tertiary/aromatic N) is 4. The second kappa shape index (κ2) is 10.5. The fourth-order valence-corrected chi connectivity index (χ4v) is 6.99. The van der Waals surface area contributed by atoms with Crippen LogP contribution in [0.4, 0.5) is 15.8 Å². The molecule has 3 aliphatic rings. The van der Waals surface area contributed by atoms with Crippen molar-refractivity contribution in [3.05, 3.63) is 42.0 Å². The number of hydrogen-bond donors (Lipinski definition) is 1. The number of likely N-dealkylation sites (N-methyl/N-ethyl adjacent to an activating group) is 1. The summed E-state index contributed by atoms with van der Waals surface area (Å²) in [5.41, 5.74) is 2.32. The van der Waals surface area contributed by atoms with Crippen molar-refractivity contribution in [1.82, 2.24) is 14.9 Å². The number of anilines is 2. The molecular formula is C30H36FN5O4S. The molecule has 11 heteroatoms. The number of benzene rings is 1. The van der Waals surface area contributed by atoms with Crippen molar-refractivity contribution in [1.29, 1.82) is 0 Å². The number of carbonyl (C=O) groups excluding carboxylic acids is 1. The average molecular weight is 582 g/mol. The lowest BCUT2D eigenvalue weighted by Gasteiger charge is -2.37. The van der Waals surface area contributed by atoms with E-state index in [0.29, 0.717) is 17.7 Å². The first-order valence-electron chi connectivity index (χ1n) is 14.3. The monoisotopic (exact) mass is 581 g/mol. The number of ether oxygens (including phenoxy) is 1. The third kappa shape index (κ3) is 5.14. The number of fused-ring (bicyclic) bond motifs is 4. The molecule has 1 aromatic carbocycles. The van der Waals surface area contributed by atoms with Gasteiger partial charge >= 0.3 is 0 Å². The highest BCUT2D eigenvalue weighted by Crippen LogP contribution is 2.55. The summed E-state index contributed by atoms with van der Waals surface area (Å²) in [6.45, 7) is 5.72. The molecule has 1 N–H and O–H groups in total. The number of halogens is 1. The highest BCUT2D eigenvalue weighted by molar-refractivity contribution is 7.92. The van der Waals surface area contributed by atoms with Crippen molar-refractivity contribution in [2.24, 2.45) is 5.92 Å². The van der Waals surface area contributed by atoms with Crippen LogP contribution in [0.1, 0.15) is 51.0 Å². The van der Waals surface area contributed by atoms with E-state index in [9.17, 15) is 13.2 Å². The standard InChI is InChI=1S/C30H36FN5O4S/c1-19-6-11-36(12-7-19)10-5-13-40-28-25(34-41(3,38)39)14-20(17-33-28)21-15-22-24(16-23(21)31)32-18-26-27(22)30(8-4-9-30)29(37)35(26)2/h14-19,34H,4-13H2,1-3H3. The third-order valence-corrected chi connectivity index (χ3v) is 9.48. The highest BCUT2D eigenvalue weighted by Gasteiger charge is 2.54. The molecule has 1 saturated heterocycles. The molecule has 2 fully saturated rings. The first kappa shape index (κ1) is 27.8. The Kier molecular flexibility index (Phi) is 7.14. The summed E-state index contributed by atoms with van der Waals surface area (Å²) in [6.07, 6.45) is 9.83. The molecule has 2 aromatic heterocycles. The summed E-state index contributed by atoms with van der Waals surface area (Å²) >= 11 is 0. The Morgan fingerprint density at radius 1 is 1.15 bits per heavy atom. The van der Waals surface area contributed by atoms with Crippen molar-refractivity contribution in [3.63, 3.8) is 0 Å². The predicted molar refractivity (Wildman–Crippen MR) is 157 cm³/mol. The van der Waals surface area contributed by atoms with Crippen LogP contribution in [0.5, 0.6) is 5.88 Å². The minimum Gasteiger partial charge on any atom is -0.476 e. The van der Waals surface area contributed by atoms with E-state index >= 15 is 4.39 Å². The first-order valence-corrected chi connectivity index (χ1v) is 16.2. The van der Waals surface area contributed by atoms with Gasteiger partial charge in [0.05, 0.1) is 35.7 Å². The van der Waals surface area contributed by atoms with Gasteiger partial charge in [0.1, 0.15) is 11.5 Å². The number of pyridine rings is 2. The number of rotatable bonds is 8. The number of aromatic nitrogens is 2. The fraction of sp³-hybridized carbons (Fsp3) is 0.500. The maximum absolute atomic E-state index is 15.5. The van der Waals surface area contributed by atoms with E-state index in [1.54, 1.807) is 30.3 Å². The molecule has 1 saturated carbocycles. The third-order valence-electron chi connectivity index (χ3n) is 8.89. The van der Waals surface area contributed by atoms with E-state index in [0.717, 1.165) is 74.1 Å². The van der Waals surface area contributed by atoms with Crippen LogP contribution in [0.3, 0.4) is 0 Å². The number of hydrogen-bond acceptors (Lipinski definition) is 7. The molecule has 9 nitrogen and oxygen atoms in total. The largest absolute Gasteiger partial charge is 0.476 e. The van der Waals surface area contributed by atoms with Gasteiger partial charge < -0.3 is 14.5 Å². The summed E-state index contributed by atoms with van der Waals surface area (Å²) in [7, 11) is -1.90. The minimum atomic E-state index is -3.65. The zero-order chi connectivity index (χ0) is 28.9. The number of likely N-dealkylation sites (tertiary alicyclic amines) is 1. The molecule has 1 aliphatic carbocycles. The van der Waals surface area contributed by atoms with Crippen LogP contribution in [0, 0.1) is 11.7 Å². The Morgan fingerprint density at radius 3 is 2.59 bits per heavy atom. The topological polar surface area (TPSA) is 105 Å². The molecule has 4 heterocycles. The summed E-state index contributed by atoms with van der Waals surface area (Å²) in [4.78, 5) is 26.1. The number of carbonyl (C=O) groups is 1. The smallest absolute Gasteiger partial charge is 0.238 e. The van der Waals surface area contributed by atoms with Crippen LogP contribution in [-0.2, 0) is 20.2 Å². The molecule has 6 rings (SSSR count). The maximum Gasteiger partial charge on any atom is 0.238 e. The van der Waals surface area contributed by atoms with Crippen molar-refractivity contribution in [2.75, 3.05) is 49.2 Å². The molecule has 1 amide bonds. The molecule has 0 radical (unpaired) electrons. The summed E-state index contributed by atoms with van der Waals surface area (Å²) in [5.74, 6) is 0.456.